The number of hydrogen-bond donors (Lipinski definition) is 1. The molecule has 0 aromatic rings. The molecule has 0 spiro atoms. The van der Waals surface area contributed by atoms with Gasteiger partial charge in [0.05, 0.1) is 0 Å². The fourth-order valence-electron chi connectivity index (χ4n) is 4.42. The predicted octanol–water partition coefficient (Wildman–Crippen LogP) is 3.56. The first-order chi connectivity index (χ1) is 9.28. The van der Waals surface area contributed by atoms with Gasteiger partial charge in [0.25, 0.3) is 0 Å². The standard InChI is InChI=1S/C17H32N2/c1-3-17(4-2)13-19(15-8-6-5-7-9-15)16(12-18-17)14-10-11-14/h14-16,18H,3-13H2,1-2H3. The average Bonchev–Trinajstić information content (AvgIpc) is 3.32. The zero-order valence-electron chi connectivity index (χ0n) is 13.0. The molecule has 1 unspecified atom stereocenters. The quantitative estimate of drug-likeness (QED) is 0.835. The highest BCUT2D eigenvalue weighted by Crippen LogP contribution is 2.40. The second-order valence-corrected chi connectivity index (χ2v) is 7.24. The lowest BCUT2D eigenvalue weighted by Crippen LogP contribution is -2.66. The maximum absolute atomic E-state index is 3.93. The van der Waals surface area contributed by atoms with Gasteiger partial charge in [-0.15, -0.1) is 0 Å². The monoisotopic (exact) mass is 264 g/mol. The molecule has 1 heterocycles. The molecule has 0 aromatic heterocycles. The predicted molar refractivity (Wildman–Crippen MR) is 81.4 cm³/mol. The van der Waals surface area contributed by atoms with Gasteiger partial charge in [0, 0.05) is 30.7 Å². The summed E-state index contributed by atoms with van der Waals surface area (Å²) in [6.07, 6.45) is 12.9. The van der Waals surface area contributed by atoms with Crippen LogP contribution in [0, 0.1) is 5.92 Å². The molecule has 19 heavy (non-hydrogen) atoms. The third-order valence-electron chi connectivity index (χ3n) is 6.16. The van der Waals surface area contributed by atoms with E-state index in [4.69, 9.17) is 0 Å². The van der Waals surface area contributed by atoms with E-state index in [-0.39, 0.29) is 0 Å². The van der Waals surface area contributed by atoms with Crippen molar-refractivity contribution in [3.05, 3.63) is 0 Å². The van der Waals surface area contributed by atoms with E-state index < -0.39 is 0 Å². The number of rotatable bonds is 4. The fourth-order valence-corrected chi connectivity index (χ4v) is 4.42. The highest BCUT2D eigenvalue weighted by molar-refractivity contribution is 5.03. The van der Waals surface area contributed by atoms with E-state index in [1.54, 1.807) is 0 Å². The van der Waals surface area contributed by atoms with Crippen molar-refractivity contribution in [2.24, 2.45) is 5.92 Å². The zero-order valence-corrected chi connectivity index (χ0v) is 13.0. The number of nitrogens with one attached hydrogen (secondary N) is 1. The van der Waals surface area contributed by atoms with Crippen molar-refractivity contribution in [3.63, 3.8) is 0 Å². The highest BCUT2D eigenvalue weighted by atomic mass is 15.3. The van der Waals surface area contributed by atoms with Crippen LogP contribution in [0.3, 0.4) is 0 Å². The molecule has 0 amide bonds. The highest BCUT2D eigenvalue weighted by Gasteiger charge is 2.45. The Hall–Kier alpha value is -0.0800. The van der Waals surface area contributed by atoms with Gasteiger partial charge in [-0.05, 0) is 44.4 Å². The summed E-state index contributed by atoms with van der Waals surface area (Å²) in [5.41, 5.74) is 0.406. The van der Waals surface area contributed by atoms with Crippen molar-refractivity contribution in [2.75, 3.05) is 13.1 Å². The molecule has 2 heteroatoms. The largest absolute Gasteiger partial charge is 0.308 e. The van der Waals surface area contributed by atoms with Crippen molar-refractivity contribution in [1.82, 2.24) is 10.2 Å². The molecule has 2 saturated carbocycles. The van der Waals surface area contributed by atoms with Crippen LogP contribution in [0.1, 0.15) is 71.6 Å². The van der Waals surface area contributed by atoms with Gasteiger partial charge in [0.15, 0.2) is 0 Å². The van der Waals surface area contributed by atoms with Crippen LogP contribution in [0.5, 0.6) is 0 Å². The third kappa shape index (κ3) is 2.85. The van der Waals surface area contributed by atoms with E-state index >= 15 is 0 Å². The van der Waals surface area contributed by atoms with E-state index in [1.807, 2.05) is 0 Å². The van der Waals surface area contributed by atoms with Crippen LogP contribution in [0.15, 0.2) is 0 Å². The van der Waals surface area contributed by atoms with E-state index in [0.29, 0.717) is 5.54 Å². The third-order valence-corrected chi connectivity index (χ3v) is 6.16. The minimum atomic E-state index is 0.406. The molecule has 0 bridgehead atoms. The molecule has 3 fully saturated rings. The molecule has 0 radical (unpaired) electrons. The van der Waals surface area contributed by atoms with Gasteiger partial charge in [0.2, 0.25) is 0 Å². The van der Waals surface area contributed by atoms with E-state index in [0.717, 1.165) is 18.0 Å². The Balaban J connectivity index is 1.73. The molecule has 2 aliphatic carbocycles. The number of hydrogen-bond acceptors (Lipinski definition) is 2. The Morgan fingerprint density at radius 2 is 1.68 bits per heavy atom. The Morgan fingerprint density at radius 3 is 2.26 bits per heavy atom. The Labute approximate surface area is 119 Å². The summed E-state index contributed by atoms with van der Waals surface area (Å²) in [5.74, 6) is 1.01. The summed E-state index contributed by atoms with van der Waals surface area (Å²) in [4.78, 5) is 2.96. The topological polar surface area (TPSA) is 15.3 Å². The summed E-state index contributed by atoms with van der Waals surface area (Å²) in [6.45, 7) is 7.30. The molecule has 2 nitrogen and oxygen atoms in total. The fraction of sp³-hybridized carbons (Fsp3) is 1.00. The van der Waals surface area contributed by atoms with Crippen LogP contribution in [0.2, 0.25) is 0 Å². The second-order valence-electron chi connectivity index (χ2n) is 7.24. The molecule has 3 rings (SSSR count). The summed E-state index contributed by atoms with van der Waals surface area (Å²) in [5, 5.41) is 3.93. The Morgan fingerprint density at radius 1 is 1.00 bits per heavy atom. The maximum Gasteiger partial charge on any atom is 0.0304 e. The van der Waals surface area contributed by atoms with Crippen molar-refractivity contribution >= 4 is 0 Å². The Bertz CT molecular complexity index is 288. The molecule has 0 aromatic carbocycles. The summed E-state index contributed by atoms with van der Waals surface area (Å²) in [6, 6.07) is 1.76. The molecule has 1 aliphatic heterocycles. The normalized spacial score (nSPS) is 33.5. The van der Waals surface area contributed by atoms with Crippen molar-refractivity contribution < 1.29 is 0 Å². The number of nitrogens with zero attached hydrogens (tertiary/aromatic N) is 1. The van der Waals surface area contributed by atoms with Crippen LogP contribution < -0.4 is 5.32 Å². The Kier molecular flexibility index (Phi) is 4.19. The molecule has 1 atom stereocenters. The van der Waals surface area contributed by atoms with E-state index in [9.17, 15) is 0 Å². The van der Waals surface area contributed by atoms with Crippen molar-refractivity contribution in [2.45, 2.75) is 89.3 Å². The van der Waals surface area contributed by atoms with Crippen LogP contribution >= 0.6 is 0 Å². The van der Waals surface area contributed by atoms with Crippen LogP contribution in [0.4, 0.5) is 0 Å². The molecular formula is C17H32N2. The smallest absolute Gasteiger partial charge is 0.0304 e. The number of piperazine rings is 1. The van der Waals surface area contributed by atoms with Crippen molar-refractivity contribution in [1.29, 1.82) is 0 Å². The lowest BCUT2D eigenvalue weighted by atomic mass is 9.84. The second kappa shape index (κ2) is 5.73. The minimum Gasteiger partial charge on any atom is -0.308 e. The van der Waals surface area contributed by atoms with Gasteiger partial charge in [-0.25, -0.2) is 0 Å². The first kappa shape index (κ1) is 13.9. The SMILES string of the molecule is CCC1(CC)CN(C2CCCCC2)C(C2CC2)CN1. The van der Waals surface area contributed by atoms with Crippen molar-refractivity contribution in [3.8, 4) is 0 Å². The molecule has 110 valence electrons. The molecular weight excluding hydrogens is 232 g/mol. The van der Waals surface area contributed by atoms with Gasteiger partial charge < -0.3 is 5.32 Å². The molecule has 1 saturated heterocycles. The lowest BCUT2D eigenvalue weighted by molar-refractivity contribution is 0.0142. The first-order valence-corrected chi connectivity index (χ1v) is 8.79. The summed E-state index contributed by atoms with van der Waals surface area (Å²) in [7, 11) is 0. The molecule has 3 aliphatic rings. The maximum atomic E-state index is 3.93. The summed E-state index contributed by atoms with van der Waals surface area (Å²) >= 11 is 0. The lowest BCUT2D eigenvalue weighted by Gasteiger charge is -2.51. The van der Waals surface area contributed by atoms with E-state index in [1.165, 1.54) is 70.9 Å². The van der Waals surface area contributed by atoms with Gasteiger partial charge in [0.1, 0.15) is 0 Å². The van der Waals surface area contributed by atoms with Gasteiger partial charge in [-0.1, -0.05) is 33.1 Å². The van der Waals surface area contributed by atoms with Gasteiger partial charge >= 0.3 is 0 Å². The van der Waals surface area contributed by atoms with Gasteiger partial charge in [-0.2, -0.15) is 0 Å². The minimum absolute atomic E-state index is 0.406. The first-order valence-electron chi connectivity index (χ1n) is 8.79. The van der Waals surface area contributed by atoms with Crippen LogP contribution in [-0.4, -0.2) is 35.6 Å². The zero-order chi connectivity index (χ0) is 13.3. The molecule has 1 N–H and O–H groups in total. The van der Waals surface area contributed by atoms with E-state index in [2.05, 4.69) is 24.1 Å². The van der Waals surface area contributed by atoms with Crippen LogP contribution in [0.25, 0.3) is 0 Å². The van der Waals surface area contributed by atoms with Crippen LogP contribution in [-0.2, 0) is 0 Å². The average molecular weight is 264 g/mol. The summed E-state index contributed by atoms with van der Waals surface area (Å²) < 4.78 is 0. The van der Waals surface area contributed by atoms with Gasteiger partial charge in [-0.3, -0.25) is 4.90 Å².